The van der Waals surface area contributed by atoms with Gasteiger partial charge >= 0.3 is 0 Å². The summed E-state index contributed by atoms with van der Waals surface area (Å²) in [6.07, 6.45) is 0. The van der Waals surface area contributed by atoms with Crippen LogP contribution >= 0.6 is 0 Å². The minimum atomic E-state index is 0.564. The van der Waals surface area contributed by atoms with Gasteiger partial charge in [0.1, 0.15) is 0 Å². The van der Waals surface area contributed by atoms with Gasteiger partial charge in [-0.25, -0.2) is 0 Å². The molecule has 1 saturated heterocycles. The van der Waals surface area contributed by atoms with Crippen LogP contribution in [0.4, 0.5) is 0 Å². The molecular weight excluding hydrogens is 150 g/mol. The van der Waals surface area contributed by atoms with Gasteiger partial charge in [-0.3, -0.25) is 10.3 Å². The van der Waals surface area contributed by atoms with Gasteiger partial charge in [0.15, 0.2) is 0 Å². The van der Waals surface area contributed by atoms with E-state index < -0.39 is 0 Å². The fraction of sp³-hybridized carbons (Fsp3) is 0.889. The van der Waals surface area contributed by atoms with Crippen LogP contribution in [-0.2, 0) is 0 Å². The number of hydrogen-bond acceptors (Lipinski definition) is 2. The van der Waals surface area contributed by atoms with Crippen LogP contribution in [0.2, 0.25) is 0 Å². The molecule has 0 amide bonds. The van der Waals surface area contributed by atoms with E-state index in [2.05, 4.69) is 30.7 Å². The largest absolute Gasteiger partial charge is 0.358 e. The number of amidine groups is 1. The zero-order chi connectivity index (χ0) is 9.30. The standard InChI is InChI=1S/C9H19N3/c1-7-5-12(9(3)10)6-8(2)11(7)4/h7-8,10H,5-6H2,1-4H3. The van der Waals surface area contributed by atoms with E-state index in [9.17, 15) is 0 Å². The molecule has 3 heteroatoms. The summed E-state index contributed by atoms with van der Waals surface area (Å²) in [5.74, 6) is 0.696. The Labute approximate surface area is 74.9 Å². The summed E-state index contributed by atoms with van der Waals surface area (Å²) in [7, 11) is 2.16. The highest BCUT2D eigenvalue weighted by Gasteiger charge is 2.26. The second kappa shape index (κ2) is 3.44. The average Bonchev–Trinajstić information content (AvgIpc) is 1.99. The van der Waals surface area contributed by atoms with Crippen LogP contribution in [0.5, 0.6) is 0 Å². The van der Waals surface area contributed by atoms with E-state index >= 15 is 0 Å². The third-order valence-electron chi connectivity index (χ3n) is 2.83. The Bertz CT molecular complexity index is 167. The molecule has 0 aromatic rings. The number of piperazine rings is 1. The second-order valence-electron chi connectivity index (χ2n) is 3.85. The van der Waals surface area contributed by atoms with E-state index in [4.69, 9.17) is 5.41 Å². The number of rotatable bonds is 0. The van der Waals surface area contributed by atoms with Crippen LogP contribution in [0, 0.1) is 5.41 Å². The van der Waals surface area contributed by atoms with Crippen LogP contribution < -0.4 is 0 Å². The highest BCUT2D eigenvalue weighted by atomic mass is 15.3. The molecule has 70 valence electrons. The lowest BCUT2D eigenvalue weighted by atomic mass is 10.1. The van der Waals surface area contributed by atoms with Gasteiger partial charge in [0.25, 0.3) is 0 Å². The van der Waals surface area contributed by atoms with Gasteiger partial charge in [-0.2, -0.15) is 0 Å². The third-order valence-corrected chi connectivity index (χ3v) is 2.83. The molecule has 12 heavy (non-hydrogen) atoms. The summed E-state index contributed by atoms with van der Waals surface area (Å²) in [5.41, 5.74) is 0. The van der Waals surface area contributed by atoms with E-state index in [0.29, 0.717) is 17.9 Å². The van der Waals surface area contributed by atoms with Crippen molar-refractivity contribution in [3.63, 3.8) is 0 Å². The predicted molar refractivity (Wildman–Crippen MR) is 51.7 cm³/mol. The maximum atomic E-state index is 7.54. The van der Waals surface area contributed by atoms with E-state index in [-0.39, 0.29) is 0 Å². The summed E-state index contributed by atoms with van der Waals surface area (Å²) in [4.78, 5) is 4.52. The van der Waals surface area contributed by atoms with Crippen LogP contribution in [0.15, 0.2) is 0 Å². The molecule has 3 nitrogen and oxygen atoms in total. The van der Waals surface area contributed by atoms with Crippen molar-refractivity contribution in [3.05, 3.63) is 0 Å². The molecule has 0 aliphatic carbocycles. The van der Waals surface area contributed by atoms with Gasteiger partial charge in [-0.05, 0) is 27.8 Å². The Morgan fingerprint density at radius 3 is 2.00 bits per heavy atom. The summed E-state index contributed by atoms with van der Waals surface area (Å²) in [6, 6.07) is 1.13. The van der Waals surface area contributed by atoms with Crippen LogP contribution in [0.25, 0.3) is 0 Å². The van der Waals surface area contributed by atoms with Crippen molar-refractivity contribution in [2.45, 2.75) is 32.9 Å². The maximum absolute atomic E-state index is 7.54. The van der Waals surface area contributed by atoms with Crippen molar-refractivity contribution in [3.8, 4) is 0 Å². The van der Waals surface area contributed by atoms with Crippen molar-refractivity contribution in [1.29, 1.82) is 5.41 Å². The van der Waals surface area contributed by atoms with E-state index in [1.54, 1.807) is 0 Å². The lowest BCUT2D eigenvalue weighted by Gasteiger charge is -2.43. The molecule has 0 spiro atoms. The molecule has 1 aliphatic rings. The smallest absolute Gasteiger partial charge is 0.0926 e. The average molecular weight is 169 g/mol. The first-order valence-corrected chi connectivity index (χ1v) is 4.54. The Morgan fingerprint density at radius 1 is 1.25 bits per heavy atom. The molecule has 1 fully saturated rings. The van der Waals surface area contributed by atoms with Crippen LogP contribution in [0.1, 0.15) is 20.8 Å². The SMILES string of the molecule is CC(=N)N1CC(C)N(C)C(C)C1. The van der Waals surface area contributed by atoms with E-state index in [1.807, 2.05) is 6.92 Å². The summed E-state index contributed by atoms with van der Waals surface area (Å²) < 4.78 is 0. The quantitative estimate of drug-likeness (QED) is 0.433. The topological polar surface area (TPSA) is 30.3 Å². The van der Waals surface area contributed by atoms with Gasteiger partial charge in [-0.1, -0.05) is 0 Å². The molecule has 2 atom stereocenters. The Kier molecular flexibility index (Phi) is 2.73. The molecule has 0 bridgehead atoms. The van der Waals surface area contributed by atoms with Crippen molar-refractivity contribution >= 4 is 5.84 Å². The Hall–Kier alpha value is -0.570. The second-order valence-corrected chi connectivity index (χ2v) is 3.85. The monoisotopic (exact) mass is 169 g/mol. The minimum absolute atomic E-state index is 0.564. The molecule has 1 heterocycles. The first-order valence-electron chi connectivity index (χ1n) is 4.54. The molecule has 1 rings (SSSR count). The van der Waals surface area contributed by atoms with E-state index in [1.165, 1.54) is 0 Å². The Morgan fingerprint density at radius 2 is 1.67 bits per heavy atom. The molecule has 1 aliphatic heterocycles. The molecule has 0 saturated carbocycles. The molecular formula is C9H19N3. The molecule has 1 N–H and O–H groups in total. The third kappa shape index (κ3) is 1.78. The molecule has 0 aromatic carbocycles. The zero-order valence-corrected chi connectivity index (χ0v) is 8.46. The van der Waals surface area contributed by atoms with Gasteiger partial charge < -0.3 is 4.90 Å². The fourth-order valence-electron chi connectivity index (χ4n) is 1.68. The van der Waals surface area contributed by atoms with Gasteiger partial charge in [-0.15, -0.1) is 0 Å². The highest BCUT2D eigenvalue weighted by Crippen LogP contribution is 2.12. The summed E-state index contributed by atoms with van der Waals surface area (Å²) in [5, 5.41) is 7.54. The van der Waals surface area contributed by atoms with Crippen molar-refractivity contribution in [1.82, 2.24) is 9.80 Å². The number of hydrogen-bond donors (Lipinski definition) is 1. The molecule has 2 unspecified atom stereocenters. The lowest BCUT2D eigenvalue weighted by molar-refractivity contribution is 0.0981. The van der Waals surface area contributed by atoms with Gasteiger partial charge in [0, 0.05) is 25.2 Å². The summed E-state index contributed by atoms with van der Waals surface area (Å²) >= 11 is 0. The number of likely N-dealkylation sites (N-methyl/N-ethyl adjacent to an activating group) is 1. The van der Waals surface area contributed by atoms with Crippen LogP contribution in [-0.4, -0.2) is 47.9 Å². The van der Waals surface area contributed by atoms with E-state index in [0.717, 1.165) is 13.1 Å². The van der Waals surface area contributed by atoms with Gasteiger partial charge in [0.05, 0.1) is 5.84 Å². The highest BCUT2D eigenvalue weighted by molar-refractivity contribution is 5.76. The minimum Gasteiger partial charge on any atom is -0.358 e. The molecule has 0 aromatic heterocycles. The first kappa shape index (κ1) is 9.52. The number of nitrogens with one attached hydrogen (secondary N) is 1. The predicted octanol–water partition coefficient (Wildman–Crippen LogP) is 1.01. The maximum Gasteiger partial charge on any atom is 0.0926 e. The van der Waals surface area contributed by atoms with Crippen molar-refractivity contribution in [2.24, 2.45) is 0 Å². The fourth-order valence-corrected chi connectivity index (χ4v) is 1.68. The zero-order valence-electron chi connectivity index (χ0n) is 8.46. The van der Waals surface area contributed by atoms with Crippen molar-refractivity contribution < 1.29 is 0 Å². The van der Waals surface area contributed by atoms with Crippen LogP contribution in [0.3, 0.4) is 0 Å². The molecule has 0 radical (unpaired) electrons. The Balaban J connectivity index is 2.59. The van der Waals surface area contributed by atoms with Gasteiger partial charge in [0.2, 0.25) is 0 Å². The normalized spacial score (nSPS) is 32.2. The summed E-state index contributed by atoms with van der Waals surface area (Å²) in [6.45, 7) is 8.29. The van der Waals surface area contributed by atoms with Crippen molar-refractivity contribution in [2.75, 3.05) is 20.1 Å². The first-order chi connectivity index (χ1) is 5.52. The lowest BCUT2D eigenvalue weighted by Crippen LogP contribution is -2.55. The number of nitrogens with zero attached hydrogens (tertiary/aromatic N) is 2.